The normalized spacial score (nSPS) is 22.0. The van der Waals surface area contributed by atoms with Crippen molar-refractivity contribution in [2.45, 2.75) is 35.2 Å². The third-order valence-corrected chi connectivity index (χ3v) is 8.81. The number of carbonyl (C=O) groups is 2. The molecular weight excluding hydrogens is 513 g/mol. The number of fused-ring (bicyclic) bond motifs is 1. The lowest BCUT2D eigenvalue weighted by molar-refractivity contribution is -0.219. The van der Waals surface area contributed by atoms with E-state index in [1.54, 1.807) is 12.3 Å². The number of H-pyrrole nitrogens is 1. The average molecular weight is 537 g/mol. The van der Waals surface area contributed by atoms with Crippen LogP contribution in [0.4, 0.5) is 13.2 Å². The molecule has 3 aliphatic carbocycles. The van der Waals surface area contributed by atoms with Crippen LogP contribution in [0.15, 0.2) is 82.7 Å². The quantitative estimate of drug-likeness (QED) is 0.238. The highest BCUT2D eigenvalue weighted by atomic mass is 32.2. The molecule has 0 unspecified atom stereocenters. The lowest BCUT2D eigenvalue weighted by atomic mass is 9.35. The van der Waals surface area contributed by atoms with E-state index in [2.05, 4.69) is 10.3 Å². The number of nitrogens with one attached hydrogen (secondary N) is 2. The molecule has 3 saturated carbocycles. The minimum Gasteiger partial charge on any atom is -0.481 e. The maximum Gasteiger partial charge on any atom is 0.416 e. The molecule has 3 N–H and O–H groups in total. The smallest absolute Gasteiger partial charge is 0.416 e. The van der Waals surface area contributed by atoms with Gasteiger partial charge >= 0.3 is 12.1 Å². The number of hydrogen-bond donors (Lipinski definition) is 3. The lowest BCUT2D eigenvalue weighted by Gasteiger charge is -2.68. The van der Waals surface area contributed by atoms with E-state index < -0.39 is 23.1 Å². The van der Waals surface area contributed by atoms with Gasteiger partial charge in [0.2, 0.25) is 0 Å². The van der Waals surface area contributed by atoms with Crippen LogP contribution in [0.25, 0.3) is 22.0 Å². The van der Waals surface area contributed by atoms with Crippen LogP contribution in [0.5, 0.6) is 0 Å². The zero-order chi connectivity index (χ0) is 26.7. The number of aromatic nitrogens is 1. The molecule has 4 aromatic rings. The number of benzene rings is 3. The number of halogens is 3. The van der Waals surface area contributed by atoms with Crippen molar-refractivity contribution in [1.29, 1.82) is 0 Å². The Bertz CT molecular complexity index is 1540. The first-order valence-electron chi connectivity index (χ1n) is 12.2. The van der Waals surface area contributed by atoms with Gasteiger partial charge in [-0.3, -0.25) is 9.59 Å². The molecule has 1 amide bonds. The second-order valence-corrected chi connectivity index (χ2v) is 11.5. The van der Waals surface area contributed by atoms with Crippen molar-refractivity contribution in [3.63, 3.8) is 0 Å². The van der Waals surface area contributed by atoms with Crippen molar-refractivity contribution in [2.24, 2.45) is 10.8 Å². The summed E-state index contributed by atoms with van der Waals surface area (Å²) in [6.07, 6.45) is -0.899. The summed E-state index contributed by atoms with van der Waals surface area (Å²) in [6.45, 7) is 0.411. The van der Waals surface area contributed by atoms with E-state index in [4.69, 9.17) is 0 Å². The fraction of sp³-hybridized carbons (Fsp3) is 0.241. The molecule has 1 aromatic heterocycles. The third-order valence-electron chi connectivity index (χ3n) is 7.76. The number of rotatable bonds is 7. The zero-order valence-electron chi connectivity index (χ0n) is 20.1. The SMILES string of the molecule is O=C(NCC12CC(C(=O)O)(C1)C2)c1ccc(-c2ccccc2)c2[nH]cc(Sc3ccc(C(F)(F)F)cc3)c12. The maximum absolute atomic E-state index is 13.4. The summed E-state index contributed by atoms with van der Waals surface area (Å²) < 4.78 is 39.1. The van der Waals surface area contributed by atoms with E-state index in [-0.39, 0.29) is 11.3 Å². The van der Waals surface area contributed by atoms with E-state index in [9.17, 15) is 27.9 Å². The van der Waals surface area contributed by atoms with Crippen molar-refractivity contribution >= 4 is 34.5 Å². The Morgan fingerprint density at radius 3 is 2.29 bits per heavy atom. The Kier molecular flexibility index (Phi) is 5.61. The highest BCUT2D eigenvalue weighted by Gasteiger charge is 2.71. The minimum atomic E-state index is -4.41. The maximum atomic E-state index is 13.4. The van der Waals surface area contributed by atoms with Crippen molar-refractivity contribution in [2.75, 3.05) is 6.54 Å². The number of hydrogen-bond acceptors (Lipinski definition) is 3. The Labute approximate surface area is 220 Å². The summed E-state index contributed by atoms with van der Waals surface area (Å²) in [4.78, 5) is 29.4. The van der Waals surface area contributed by atoms with E-state index >= 15 is 0 Å². The van der Waals surface area contributed by atoms with E-state index in [1.165, 1.54) is 23.9 Å². The first-order valence-corrected chi connectivity index (χ1v) is 13.0. The molecular formula is C29H23F3N2O3S. The van der Waals surface area contributed by atoms with Crippen LogP contribution in [0.1, 0.15) is 35.2 Å². The van der Waals surface area contributed by atoms with Gasteiger partial charge in [0.15, 0.2) is 0 Å². The van der Waals surface area contributed by atoms with Gasteiger partial charge in [-0.05, 0) is 60.6 Å². The molecule has 0 saturated heterocycles. The van der Waals surface area contributed by atoms with Gasteiger partial charge in [-0.25, -0.2) is 0 Å². The van der Waals surface area contributed by atoms with E-state index in [0.29, 0.717) is 41.7 Å². The first kappa shape index (κ1) is 24.6. The molecule has 38 heavy (non-hydrogen) atoms. The lowest BCUT2D eigenvalue weighted by Crippen LogP contribution is -2.68. The minimum absolute atomic E-state index is 0.146. The van der Waals surface area contributed by atoms with Crippen LogP contribution in [0.3, 0.4) is 0 Å². The number of carboxylic acid groups (broad SMARTS) is 1. The molecule has 0 aliphatic heterocycles. The van der Waals surface area contributed by atoms with Gasteiger partial charge in [0.05, 0.1) is 16.5 Å². The molecule has 5 nitrogen and oxygen atoms in total. The van der Waals surface area contributed by atoms with Gasteiger partial charge in [-0.15, -0.1) is 0 Å². The van der Waals surface area contributed by atoms with Crippen LogP contribution < -0.4 is 5.32 Å². The van der Waals surface area contributed by atoms with Gasteiger partial charge in [-0.2, -0.15) is 13.2 Å². The van der Waals surface area contributed by atoms with Crippen molar-refractivity contribution in [1.82, 2.24) is 10.3 Å². The van der Waals surface area contributed by atoms with Gasteiger partial charge in [0.25, 0.3) is 5.91 Å². The molecule has 3 aromatic carbocycles. The highest BCUT2D eigenvalue weighted by Crippen LogP contribution is 2.73. The standard InChI is InChI=1S/C29H23F3N2O3S/c30-29(31,32)18-6-8-19(9-7-18)38-22-12-33-24-20(17-4-2-1-3-5-17)10-11-21(23(22)24)25(35)34-16-27-13-28(14-27,15-27)26(36)37/h1-12,33H,13-16H2,(H,34,35)(H,36,37). The second-order valence-electron chi connectivity index (χ2n) is 10.4. The predicted octanol–water partition coefficient (Wildman–Crippen LogP) is 6.99. The number of carboxylic acids is 1. The monoisotopic (exact) mass is 536 g/mol. The number of alkyl halides is 3. The molecule has 0 spiro atoms. The van der Waals surface area contributed by atoms with Crippen LogP contribution in [0.2, 0.25) is 0 Å². The largest absolute Gasteiger partial charge is 0.481 e. The Hall–Kier alpha value is -3.72. The molecule has 2 bridgehead atoms. The molecule has 194 valence electrons. The second kappa shape index (κ2) is 8.66. The van der Waals surface area contributed by atoms with Gasteiger partial charge in [-0.1, -0.05) is 48.2 Å². The molecule has 3 aliphatic rings. The van der Waals surface area contributed by atoms with Crippen LogP contribution in [-0.4, -0.2) is 28.5 Å². The van der Waals surface area contributed by atoms with Crippen molar-refractivity contribution in [3.8, 4) is 11.1 Å². The van der Waals surface area contributed by atoms with Gasteiger partial charge in [0.1, 0.15) is 0 Å². The fourth-order valence-electron chi connectivity index (χ4n) is 5.96. The summed E-state index contributed by atoms with van der Waals surface area (Å²) in [5.41, 5.74) is 1.60. The van der Waals surface area contributed by atoms with E-state index in [0.717, 1.165) is 33.7 Å². The molecule has 3 fully saturated rings. The Morgan fingerprint density at radius 2 is 1.66 bits per heavy atom. The topological polar surface area (TPSA) is 82.2 Å². The Balaban J connectivity index is 1.32. The van der Waals surface area contributed by atoms with Crippen molar-refractivity contribution in [3.05, 3.63) is 84.1 Å². The molecule has 0 radical (unpaired) electrons. The summed E-state index contributed by atoms with van der Waals surface area (Å²) >= 11 is 1.28. The number of carbonyl (C=O) groups excluding carboxylic acids is 1. The molecule has 9 heteroatoms. The molecule has 7 rings (SSSR count). The number of aromatic amines is 1. The van der Waals surface area contributed by atoms with E-state index in [1.807, 2.05) is 36.4 Å². The zero-order valence-corrected chi connectivity index (χ0v) is 20.9. The summed E-state index contributed by atoms with van der Waals surface area (Å²) in [5.74, 6) is -1.03. The van der Waals surface area contributed by atoms with Gasteiger partial charge in [0, 0.05) is 39.0 Å². The predicted molar refractivity (Wildman–Crippen MR) is 138 cm³/mol. The first-order chi connectivity index (χ1) is 18.1. The van der Waals surface area contributed by atoms with Crippen LogP contribution in [0, 0.1) is 10.8 Å². The molecule has 1 heterocycles. The highest BCUT2D eigenvalue weighted by molar-refractivity contribution is 7.99. The number of aliphatic carboxylic acids is 1. The van der Waals surface area contributed by atoms with Crippen molar-refractivity contribution < 1.29 is 27.9 Å². The summed E-state index contributed by atoms with van der Waals surface area (Å²) in [6, 6.07) is 18.3. The summed E-state index contributed by atoms with van der Waals surface area (Å²) in [5, 5.41) is 13.1. The van der Waals surface area contributed by atoms with Crippen LogP contribution in [-0.2, 0) is 11.0 Å². The average Bonchev–Trinajstić information content (AvgIpc) is 3.25. The molecule has 0 atom stereocenters. The number of amides is 1. The third kappa shape index (κ3) is 4.05. The Morgan fingerprint density at radius 1 is 0.974 bits per heavy atom. The van der Waals surface area contributed by atoms with Crippen LogP contribution >= 0.6 is 11.8 Å². The summed E-state index contributed by atoms with van der Waals surface area (Å²) in [7, 11) is 0. The van der Waals surface area contributed by atoms with Gasteiger partial charge < -0.3 is 15.4 Å². The fourth-order valence-corrected chi connectivity index (χ4v) is 6.92.